The van der Waals surface area contributed by atoms with Crippen LogP contribution in [0.4, 0.5) is 0 Å². The third kappa shape index (κ3) is 3.09. The maximum Gasteiger partial charge on any atom is 0.335 e. The summed E-state index contributed by atoms with van der Waals surface area (Å²) in [4.78, 5) is 10.7. The molecule has 0 atom stereocenters. The standard InChI is InChI=1S/C10H9Cl3O4S/c1-5-6(9(14)15)3-4-7(10(11,12)13)8(5)18(2,16)17/h3-4H,1-2H3,(H,14,15). The number of benzene rings is 1. The first-order valence-corrected chi connectivity index (χ1v) is 7.63. The number of rotatable bonds is 2. The SMILES string of the molecule is Cc1c(C(=O)O)ccc(C(Cl)(Cl)Cl)c1S(C)(=O)=O. The Morgan fingerprint density at radius 1 is 1.28 bits per heavy atom. The predicted molar refractivity (Wildman–Crippen MR) is 70.5 cm³/mol. The summed E-state index contributed by atoms with van der Waals surface area (Å²) in [7, 11) is -3.72. The average Bonchev–Trinajstić information content (AvgIpc) is 2.12. The van der Waals surface area contributed by atoms with Gasteiger partial charge in [0.25, 0.3) is 0 Å². The van der Waals surface area contributed by atoms with Gasteiger partial charge < -0.3 is 5.11 Å². The first kappa shape index (κ1) is 15.6. The summed E-state index contributed by atoms with van der Waals surface area (Å²) in [5, 5.41) is 8.96. The molecular weight excluding hydrogens is 323 g/mol. The number of hydrogen-bond acceptors (Lipinski definition) is 3. The van der Waals surface area contributed by atoms with Crippen LogP contribution in [0.15, 0.2) is 17.0 Å². The van der Waals surface area contributed by atoms with Crippen LogP contribution >= 0.6 is 34.8 Å². The van der Waals surface area contributed by atoms with Gasteiger partial charge >= 0.3 is 5.97 Å². The maximum atomic E-state index is 11.7. The van der Waals surface area contributed by atoms with E-state index in [2.05, 4.69) is 0 Å². The quantitative estimate of drug-likeness (QED) is 0.846. The van der Waals surface area contributed by atoms with Crippen molar-refractivity contribution >= 4 is 50.6 Å². The first-order chi connectivity index (χ1) is 7.96. The van der Waals surface area contributed by atoms with Crippen LogP contribution in [0.2, 0.25) is 0 Å². The summed E-state index contributed by atoms with van der Waals surface area (Å²) in [5.74, 6) is -1.24. The van der Waals surface area contributed by atoms with Crippen molar-refractivity contribution in [3.63, 3.8) is 0 Å². The highest BCUT2D eigenvalue weighted by atomic mass is 35.6. The van der Waals surface area contributed by atoms with Crippen LogP contribution in [0.3, 0.4) is 0 Å². The van der Waals surface area contributed by atoms with Gasteiger partial charge in [0.15, 0.2) is 9.84 Å². The van der Waals surface area contributed by atoms with Gasteiger partial charge in [-0.25, -0.2) is 13.2 Å². The topological polar surface area (TPSA) is 71.4 Å². The highest BCUT2D eigenvalue weighted by molar-refractivity contribution is 7.90. The minimum Gasteiger partial charge on any atom is -0.478 e. The number of aromatic carboxylic acids is 1. The molecule has 0 aliphatic rings. The van der Waals surface area contributed by atoms with E-state index in [9.17, 15) is 13.2 Å². The van der Waals surface area contributed by atoms with Crippen molar-refractivity contribution in [3.8, 4) is 0 Å². The Balaban J connectivity index is 3.80. The summed E-state index contributed by atoms with van der Waals surface area (Å²) in [6.45, 7) is 1.36. The van der Waals surface area contributed by atoms with Crippen molar-refractivity contribution < 1.29 is 18.3 Å². The molecule has 8 heteroatoms. The second-order valence-corrected chi connectivity index (χ2v) is 7.92. The first-order valence-electron chi connectivity index (χ1n) is 4.60. The average molecular weight is 332 g/mol. The van der Waals surface area contributed by atoms with Gasteiger partial charge in [0.1, 0.15) is 0 Å². The van der Waals surface area contributed by atoms with Gasteiger partial charge in [0, 0.05) is 11.8 Å². The van der Waals surface area contributed by atoms with Crippen molar-refractivity contribution in [2.24, 2.45) is 0 Å². The number of hydrogen-bond donors (Lipinski definition) is 1. The van der Waals surface area contributed by atoms with E-state index >= 15 is 0 Å². The van der Waals surface area contributed by atoms with Gasteiger partial charge in [0.05, 0.1) is 10.5 Å². The molecule has 0 spiro atoms. The molecule has 1 N–H and O–H groups in total. The summed E-state index contributed by atoms with van der Waals surface area (Å²) >= 11 is 17.1. The van der Waals surface area contributed by atoms with E-state index in [-0.39, 0.29) is 21.6 Å². The molecule has 0 unspecified atom stereocenters. The molecule has 0 bridgehead atoms. The Hall–Kier alpha value is -0.490. The molecule has 1 aromatic rings. The number of alkyl halides is 3. The summed E-state index contributed by atoms with van der Waals surface area (Å²) in [5.41, 5.74) is -0.153. The van der Waals surface area contributed by atoms with E-state index in [1.54, 1.807) is 0 Å². The van der Waals surface area contributed by atoms with Crippen LogP contribution < -0.4 is 0 Å². The molecule has 0 aliphatic carbocycles. The maximum absolute atomic E-state index is 11.7. The van der Waals surface area contributed by atoms with Gasteiger partial charge in [-0.1, -0.05) is 40.9 Å². The van der Waals surface area contributed by atoms with Crippen LogP contribution in [0.25, 0.3) is 0 Å². The molecule has 1 rings (SSSR count). The van der Waals surface area contributed by atoms with E-state index in [1.165, 1.54) is 19.1 Å². The molecule has 100 valence electrons. The molecule has 0 fully saturated rings. The molecule has 1 aromatic carbocycles. The van der Waals surface area contributed by atoms with Gasteiger partial charge in [0.2, 0.25) is 3.79 Å². The highest BCUT2D eigenvalue weighted by Gasteiger charge is 2.32. The lowest BCUT2D eigenvalue weighted by molar-refractivity contribution is 0.0696. The fourth-order valence-electron chi connectivity index (χ4n) is 1.62. The van der Waals surface area contributed by atoms with Crippen LogP contribution in [-0.2, 0) is 13.6 Å². The van der Waals surface area contributed by atoms with Gasteiger partial charge in [-0.05, 0) is 18.6 Å². The highest BCUT2D eigenvalue weighted by Crippen LogP contribution is 2.42. The molecule has 4 nitrogen and oxygen atoms in total. The van der Waals surface area contributed by atoms with E-state index in [4.69, 9.17) is 39.9 Å². The third-order valence-electron chi connectivity index (χ3n) is 2.31. The second-order valence-electron chi connectivity index (χ2n) is 3.69. The minimum absolute atomic E-state index is 0.0498. The summed E-state index contributed by atoms with van der Waals surface area (Å²) in [6.07, 6.45) is 0.931. The van der Waals surface area contributed by atoms with Crippen LogP contribution in [-0.4, -0.2) is 25.7 Å². The van der Waals surface area contributed by atoms with Crippen LogP contribution in [0, 0.1) is 6.92 Å². The second kappa shape index (κ2) is 4.89. The lowest BCUT2D eigenvalue weighted by Crippen LogP contribution is -2.14. The summed E-state index contributed by atoms with van der Waals surface area (Å²) in [6, 6.07) is 2.41. The zero-order valence-electron chi connectivity index (χ0n) is 9.37. The zero-order valence-corrected chi connectivity index (χ0v) is 12.5. The largest absolute Gasteiger partial charge is 0.478 e. The third-order valence-corrected chi connectivity index (χ3v) is 4.19. The minimum atomic E-state index is -3.72. The van der Waals surface area contributed by atoms with Gasteiger partial charge in [-0.15, -0.1) is 0 Å². The lowest BCUT2D eigenvalue weighted by atomic mass is 10.1. The Labute approximate surface area is 119 Å². The fraction of sp³-hybridized carbons (Fsp3) is 0.300. The van der Waals surface area contributed by atoms with Crippen molar-refractivity contribution in [1.29, 1.82) is 0 Å². The van der Waals surface area contributed by atoms with Gasteiger partial charge in [-0.2, -0.15) is 0 Å². The van der Waals surface area contributed by atoms with Crippen molar-refractivity contribution in [2.75, 3.05) is 6.26 Å². The molecule has 0 heterocycles. The number of carboxylic acid groups (broad SMARTS) is 1. The molecule has 0 aliphatic heterocycles. The zero-order chi connectivity index (χ0) is 14.3. The Kier molecular flexibility index (Phi) is 4.23. The predicted octanol–water partition coefficient (Wildman–Crippen LogP) is 2.92. The van der Waals surface area contributed by atoms with Crippen molar-refractivity contribution in [1.82, 2.24) is 0 Å². The number of halogens is 3. The van der Waals surface area contributed by atoms with E-state index in [1.807, 2.05) is 0 Å². The van der Waals surface area contributed by atoms with E-state index in [0.29, 0.717) is 0 Å². The van der Waals surface area contributed by atoms with E-state index in [0.717, 1.165) is 6.26 Å². The molecular formula is C10H9Cl3O4S. The van der Waals surface area contributed by atoms with Gasteiger partial charge in [-0.3, -0.25) is 0 Å². The number of carboxylic acids is 1. The molecule has 0 amide bonds. The Morgan fingerprint density at radius 3 is 2.11 bits per heavy atom. The Bertz CT molecular complexity index is 602. The van der Waals surface area contributed by atoms with Crippen molar-refractivity contribution in [3.05, 3.63) is 28.8 Å². The molecule has 18 heavy (non-hydrogen) atoms. The van der Waals surface area contributed by atoms with E-state index < -0.39 is 19.6 Å². The monoisotopic (exact) mass is 330 g/mol. The number of sulfone groups is 1. The van der Waals surface area contributed by atoms with Crippen molar-refractivity contribution in [2.45, 2.75) is 15.6 Å². The smallest absolute Gasteiger partial charge is 0.335 e. The van der Waals surface area contributed by atoms with Crippen LogP contribution in [0.5, 0.6) is 0 Å². The lowest BCUT2D eigenvalue weighted by Gasteiger charge is -2.18. The number of carbonyl (C=O) groups is 1. The summed E-state index contributed by atoms with van der Waals surface area (Å²) < 4.78 is 21.5. The molecule has 0 aromatic heterocycles. The molecule has 0 saturated carbocycles. The molecule has 0 radical (unpaired) electrons. The van der Waals surface area contributed by atoms with Crippen LogP contribution in [0.1, 0.15) is 21.5 Å². The fourth-order valence-corrected chi connectivity index (χ4v) is 3.55. The normalized spacial score (nSPS) is 12.5. The Morgan fingerprint density at radius 2 is 1.78 bits per heavy atom. The molecule has 0 saturated heterocycles.